The lowest BCUT2D eigenvalue weighted by Gasteiger charge is -1.92. The Morgan fingerprint density at radius 3 is 1.32 bits per heavy atom. The van der Waals surface area contributed by atoms with E-state index in [1.807, 2.05) is 68.0 Å². The number of thiophene rings is 6. The van der Waals surface area contributed by atoms with Crippen LogP contribution in [0, 0.1) is 0 Å². The Bertz CT molecular complexity index is 1320. The fourth-order valence-electron chi connectivity index (χ4n) is 3.12. The Hall–Kier alpha value is -1.54. The second-order valence-electron chi connectivity index (χ2n) is 6.23. The number of rotatable bonds is 4. The Morgan fingerprint density at radius 1 is 0.393 bits per heavy atom. The van der Waals surface area contributed by atoms with Gasteiger partial charge in [-0.1, -0.05) is 12.1 Å². The third kappa shape index (κ3) is 3.05. The molecule has 0 saturated heterocycles. The molecule has 0 N–H and O–H groups in total. The lowest BCUT2D eigenvalue weighted by Crippen LogP contribution is -1.59. The predicted octanol–water partition coefficient (Wildman–Crippen LogP) is 9.88. The zero-order chi connectivity index (χ0) is 18.5. The summed E-state index contributed by atoms with van der Waals surface area (Å²) < 4.78 is 2.80. The fraction of sp³-hybridized carbons (Fsp3) is 0. The van der Waals surface area contributed by atoms with Gasteiger partial charge in [0.1, 0.15) is 0 Å². The van der Waals surface area contributed by atoms with Crippen molar-refractivity contribution in [3.8, 4) is 39.0 Å². The maximum absolute atomic E-state index is 2.36. The van der Waals surface area contributed by atoms with Gasteiger partial charge < -0.3 is 0 Å². The lowest BCUT2D eigenvalue weighted by molar-refractivity contribution is 1.90. The largest absolute Gasteiger partial charge is 0.143 e. The number of fused-ring (bicyclic) bond motifs is 1. The average Bonchev–Trinajstić information content (AvgIpc) is 3.54. The van der Waals surface area contributed by atoms with Crippen LogP contribution in [0.4, 0.5) is 0 Å². The minimum Gasteiger partial charge on any atom is -0.143 e. The van der Waals surface area contributed by atoms with E-state index in [0.29, 0.717) is 0 Å². The topological polar surface area (TPSA) is 0 Å². The molecule has 0 aliphatic carbocycles. The fourth-order valence-corrected chi connectivity index (χ4v) is 9.36. The van der Waals surface area contributed by atoms with Gasteiger partial charge in [-0.3, -0.25) is 0 Å². The maximum Gasteiger partial charge on any atom is 0.0464 e. The summed E-state index contributed by atoms with van der Waals surface area (Å²) in [5, 5.41) is 4.29. The molecule has 6 rings (SSSR count). The van der Waals surface area contributed by atoms with Crippen LogP contribution < -0.4 is 0 Å². The van der Waals surface area contributed by atoms with Gasteiger partial charge in [0.25, 0.3) is 0 Å². The normalized spacial score (nSPS) is 11.6. The van der Waals surface area contributed by atoms with Crippen molar-refractivity contribution in [1.29, 1.82) is 0 Å². The highest BCUT2D eigenvalue weighted by atomic mass is 32.1. The average molecular weight is 469 g/mol. The van der Waals surface area contributed by atoms with Crippen LogP contribution in [-0.2, 0) is 0 Å². The van der Waals surface area contributed by atoms with Crippen LogP contribution >= 0.6 is 68.0 Å². The molecule has 6 aromatic heterocycles. The Balaban J connectivity index is 1.31. The Labute approximate surface area is 186 Å². The van der Waals surface area contributed by atoms with Gasteiger partial charge in [0.05, 0.1) is 0 Å². The molecule has 0 radical (unpaired) electrons. The molecule has 0 spiro atoms. The highest BCUT2D eigenvalue weighted by Crippen LogP contribution is 2.46. The first-order chi connectivity index (χ1) is 13.8. The summed E-state index contributed by atoms with van der Waals surface area (Å²) in [4.78, 5) is 10.9. The highest BCUT2D eigenvalue weighted by molar-refractivity contribution is 7.34. The van der Waals surface area contributed by atoms with E-state index in [0.717, 1.165) is 0 Å². The molecule has 0 bridgehead atoms. The zero-order valence-corrected chi connectivity index (χ0v) is 19.3. The van der Waals surface area contributed by atoms with Crippen LogP contribution in [0.3, 0.4) is 0 Å². The smallest absolute Gasteiger partial charge is 0.0464 e. The standard InChI is InChI=1S/C22H12S6/c1-3-13(23-9-1)15-5-6-16(25-15)17-7-8-18(26-17)20-12-22-21(28-20)11-19(27-22)14-4-2-10-24-14/h1-12H. The molecule has 136 valence electrons. The summed E-state index contributed by atoms with van der Waals surface area (Å²) in [6.07, 6.45) is 0. The molecule has 6 heterocycles. The van der Waals surface area contributed by atoms with Crippen molar-refractivity contribution in [2.75, 3.05) is 0 Å². The first-order valence-corrected chi connectivity index (χ1v) is 13.7. The van der Waals surface area contributed by atoms with Crippen molar-refractivity contribution in [3.05, 3.63) is 71.4 Å². The van der Waals surface area contributed by atoms with Crippen LogP contribution in [0.2, 0.25) is 0 Å². The first kappa shape index (κ1) is 17.3. The molecule has 0 saturated carbocycles. The van der Waals surface area contributed by atoms with Gasteiger partial charge in [-0.25, -0.2) is 0 Å². The second-order valence-corrected chi connectivity index (χ2v) is 12.5. The van der Waals surface area contributed by atoms with Gasteiger partial charge in [-0.05, 0) is 59.3 Å². The van der Waals surface area contributed by atoms with E-state index >= 15 is 0 Å². The molecule has 0 fully saturated rings. The van der Waals surface area contributed by atoms with Crippen molar-refractivity contribution >= 4 is 77.4 Å². The van der Waals surface area contributed by atoms with Crippen LogP contribution in [0.15, 0.2) is 71.4 Å². The zero-order valence-electron chi connectivity index (χ0n) is 14.4. The van der Waals surface area contributed by atoms with E-state index in [9.17, 15) is 0 Å². The molecule has 28 heavy (non-hydrogen) atoms. The third-order valence-corrected chi connectivity index (χ3v) is 11.4. The van der Waals surface area contributed by atoms with E-state index in [2.05, 4.69) is 71.4 Å². The van der Waals surface area contributed by atoms with Gasteiger partial charge in [0, 0.05) is 48.4 Å². The molecule has 0 aliphatic rings. The minimum atomic E-state index is 1.35. The number of hydrogen-bond donors (Lipinski definition) is 0. The van der Waals surface area contributed by atoms with Crippen molar-refractivity contribution in [2.24, 2.45) is 0 Å². The summed E-state index contributed by atoms with van der Waals surface area (Å²) in [6, 6.07) is 22.4. The predicted molar refractivity (Wildman–Crippen MR) is 133 cm³/mol. The molecule has 0 aliphatic heterocycles. The molecule has 0 aromatic carbocycles. The van der Waals surface area contributed by atoms with Gasteiger partial charge in [-0.2, -0.15) is 0 Å². The lowest BCUT2D eigenvalue weighted by atomic mass is 10.3. The number of hydrogen-bond acceptors (Lipinski definition) is 6. The summed E-state index contributed by atoms with van der Waals surface area (Å²) in [7, 11) is 0. The van der Waals surface area contributed by atoms with Crippen molar-refractivity contribution in [1.82, 2.24) is 0 Å². The van der Waals surface area contributed by atoms with Gasteiger partial charge in [0.15, 0.2) is 0 Å². The monoisotopic (exact) mass is 468 g/mol. The van der Waals surface area contributed by atoms with Crippen LogP contribution in [-0.4, -0.2) is 0 Å². The molecule has 0 unspecified atom stereocenters. The van der Waals surface area contributed by atoms with E-state index in [4.69, 9.17) is 0 Å². The summed E-state index contributed by atoms with van der Waals surface area (Å²) in [6.45, 7) is 0. The van der Waals surface area contributed by atoms with E-state index in [-0.39, 0.29) is 0 Å². The second kappa shape index (κ2) is 7.06. The quantitative estimate of drug-likeness (QED) is 0.241. The molecule has 0 atom stereocenters. The molecule has 6 heteroatoms. The van der Waals surface area contributed by atoms with Crippen molar-refractivity contribution < 1.29 is 0 Å². The maximum atomic E-state index is 2.36. The van der Waals surface area contributed by atoms with Gasteiger partial charge in [0.2, 0.25) is 0 Å². The van der Waals surface area contributed by atoms with Crippen LogP contribution in [0.1, 0.15) is 0 Å². The Kier molecular flexibility index (Phi) is 4.37. The van der Waals surface area contributed by atoms with Crippen LogP contribution in [0.25, 0.3) is 48.4 Å². The van der Waals surface area contributed by atoms with E-state index in [1.54, 1.807) is 0 Å². The molecule has 0 amide bonds. The summed E-state index contributed by atoms with van der Waals surface area (Å²) >= 11 is 11.2. The van der Waals surface area contributed by atoms with Crippen LogP contribution in [0.5, 0.6) is 0 Å². The molecule has 6 aromatic rings. The van der Waals surface area contributed by atoms with Gasteiger partial charge in [-0.15, -0.1) is 68.0 Å². The van der Waals surface area contributed by atoms with E-state index in [1.165, 1.54) is 48.4 Å². The molecular weight excluding hydrogens is 457 g/mol. The van der Waals surface area contributed by atoms with Gasteiger partial charge >= 0.3 is 0 Å². The first-order valence-electron chi connectivity index (χ1n) is 8.65. The highest BCUT2D eigenvalue weighted by Gasteiger charge is 2.13. The third-order valence-electron chi connectivity index (χ3n) is 4.43. The summed E-state index contributed by atoms with van der Waals surface area (Å²) in [5.41, 5.74) is 0. The SMILES string of the molecule is c1csc(-c2ccc(-c3ccc(-c4cc5sc(-c6cccs6)cc5s4)s3)s2)c1. The van der Waals surface area contributed by atoms with Crippen molar-refractivity contribution in [3.63, 3.8) is 0 Å². The molecule has 0 nitrogen and oxygen atoms in total. The molecular formula is C22H12S6. The summed E-state index contributed by atoms with van der Waals surface area (Å²) in [5.74, 6) is 0. The van der Waals surface area contributed by atoms with Crippen molar-refractivity contribution in [2.45, 2.75) is 0 Å². The minimum absolute atomic E-state index is 1.35. The van der Waals surface area contributed by atoms with E-state index < -0.39 is 0 Å². The Morgan fingerprint density at radius 2 is 0.821 bits per heavy atom.